The van der Waals surface area contributed by atoms with Gasteiger partial charge in [0.15, 0.2) is 0 Å². The normalized spacial score (nSPS) is 17.6. The molecule has 3 heterocycles. The molecule has 0 saturated carbocycles. The molecular formula is C31H37ClN6O4. The van der Waals surface area contributed by atoms with Crippen molar-refractivity contribution in [3.05, 3.63) is 70.4 Å². The number of rotatable bonds is 11. The Balaban J connectivity index is 1.35. The van der Waals surface area contributed by atoms with Crippen LogP contribution in [0.4, 0.5) is 5.95 Å². The number of nitrogens with one attached hydrogen (secondary N) is 3. The van der Waals surface area contributed by atoms with Gasteiger partial charge in [0, 0.05) is 30.4 Å². The van der Waals surface area contributed by atoms with Gasteiger partial charge in [0.2, 0.25) is 11.9 Å². The van der Waals surface area contributed by atoms with Crippen molar-refractivity contribution >= 4 is 29.4 Å². The number of carbonyl (C=O) groups excluding carboxylic acids is 2. The third-order valence-corrected chi connectivity index (χ3v) is 8.08. The molecule has 3 N–H and O–H groups in total. The lowest BCUT2D eigenvalue weighted by atomic mass is 9.98. The largest absolute Gasteiger partial charge is 0.497 e. The van der Waals surface area contributed by atoms with Crippen molar-refractivity contribution in [1.82, 2.24) is 25.5 Å². The quantitative estimate of drug-likeness (QED) is 0.300. The highest BCUT2D eigenvalue weighted by Crippen LogP contribution is 2.38. The number of carbonyl (C=O) groups is 2. The highest BCUT2D eigenvalue weighted by atomic mass is 35.5. The highest BCUT2D eigenvalue weighted by molar-refractivity contribution is 6.33. The number of anilines is 1. The van der Waals surface area contributed by atoms with Crippen molar-refractivity contribution in [2.45, 2.75) is 44.3 Å². The number of benzene rings is 2. The number of halogens is 1. The Bertz CT molecular complexity index is 1430. The summed E-state index contributed by atoms with van der Waals surface area (Å²) in [5.41, 5.74) is 3.62. The molecule has 222 valence electrons. The van der Waals surface area contributed by atoms with Crippen LogP contribution in [-0.2, 0) is 9.53 Å². The first-order valence-corrected chi connectivity index (χ1v) is 14.7. The molecule has 0 aliphatic carbocycles. The molecule has 2 atom stereocenters. The first-order valence-electron chi connectivity index (χ1n) is 14.3. The average molecular weight is 593 g/mol. The summed E-state index contributed by atoms with van der Waals surface area (Å²) in [4.78, 5) is 37.7. The van der Waals surface area contributed by atoms with E-state index in [0.29, 0.717) is 48.4 Å². The van der Waals surface area contributed by atoms with Crippen LogP contribution >= 0.6 is 11.6 Å². The molecule has 3 aromatic rings. The van der Waals surface area contributed by atoms with Gasteiger partial charge in [-0.2, -0.15) is 0 Å². The van der Waals surface area contributed by atoms with E-state index in [-0.39, 0.29) is 36.5 Å². The van der Waals surface area contributed by atoms with Crippen LogP contribution in [0.1, 0.15) is 59.8 Å². The summed E-state index contributed by atoms with van der Waals surface area (Å²) in [6, 6.07) is 13.0. The Hall–Kier alpha value is -3.73. The van der Waals surface area contributed by atoms with Crippen molar-refractivity contribution in [1.29, 1.82) is 0 Å². The van der Waals surface area contributed by atoms with E-state index in [1.807, 2.05) is 56.4 Å². The molecule has 11 heteroatoms. The minimum Gasteiger partial charge on any atom is -0.497 e. The van der Waals surface area contributed by atoms with Gasteiger partial charge in [0.1, 0.15) is 12.3 Å². The first kappa shape index (κ1) is 29.8. The zero-order chi connectivity index (χ0) is 29.6. The zero-order valence-corrected chi connectivity index (χ0v) is 24.9. The Morgan fingerprint density at radius 1 is 1.21 bits per heavy atom. The molecule has 2 amide bonds. The van der Waals surface area contributed by atoms with E-state index >= 15 is 0 Å². The Morgan fingerprint density at radius 3 is 2.79 bits per heavy atom. The van der Waals surface area contributed by atoms with Crippen molar-refractivity contribution < 1.29 is 19.1 Å². The molecule has 0 bridgehead atoms. The summed E-state index contributed by atoms with van der Waals surface area (Å²) in [5.74, 6) is 0.784. The van der Waals surface area contributed by atoms with E-state index in [1.54, 1.807) is 18.2 Å². The second-order valence-corrected chi connectivity index (χ2v) is 11.0. The van der Waals surface area contributed by atoms with Gasteiger partial charge in [-0.15, -0.1) is 0 Å². The summed E-state index contributed by atoms with van der Waals surface area (Å²) in [7, 11) is 3.48. The number of hydrogen-bond donors (Lipinski definition) is 3. The van der Waals surface area contributed by atoms with Crippen LogP contribution in [0.25, 0.3) is 11.3 Å². The summed E-state index contributed by atoms with van der Waals surface area (Å²) in [5, 5.41) is 9.97. The van der Waals surface area contributed by atoms with E-state index in [0.717, 1.165) is 35.3 Å². The maximum Gasteiger partial charge on any atom is 0.255 e. The molecule has 2 aliphatic heterocycles. The molecular weight excluding hydrogens is 556 g/mol. The zero-order valence-electron chi connectivity index (χ0n) is 24.2. The number of methoxy groups -OCH3 is 1. The summed E-state index contributed by atoms with van der Waals surface area (Å²) >= 11 is 6.54. The van der Waals surface area contributed by atoms with Gasteiger partial charge in [-0.05, 0) is 69.1 Å². The van der Waals surface area contributed by atoms with Gasteiger partial charge in [-0.3, -0.25) is 9.59 Å². The maximum absolute atomic E-state index is 13.8. The number of aromatic nitrogens is 2. The Kier molecular flexibility index (Phi) is 9.56. The van der Waals surface area contributed by atoms with Crippen molar-refractivity contribution in [3.63, 3.8) is 0 Å². The number of nitrogens with zero attached hydrogens (tertiary/aromatic N) is 3. The highest BCUT2D eigenvalue weighted by Gasteiger charge is 2.38. The fourth-order valence-electron chi connectivity index (χ4n) is 5.52. The van der Waals surface area contributed by atoms with Crippen LogP contribution in [0, 0.1) is 0 Å². The fraction of sp³-hybridized carbons (Fsp3) is 0.419. The van der Waals surface area contributed by atoms with Crippen LogP contribution in [0.2, 0.25) is 5.02 Å². The number of hydrogen-bond acceptors (Lipinski definition) is 8. The van der Waals surface area contributed by atoms with Gasteiger partial charge < -0.3 is 30.3 Å². The topological polar surface area (TPSA) is 118 Å². The molecule has 1 saturated heterocycles. The van der Waals surface area contributed by atoms with Gasteiger partial charge in [0.25, 0.3) is 5.91 Å². The van der Waals surface area contributed by atoms with Crippen LogP contribution in [-0.4, -0.2) is 73.2 Å². The van der Waals surface area contributed by atoms with Gasteiger partial charge in [-0.25, -0.2) is 9.97 Å². The molecule has 5 rings (SSSR count). The van der Waals surface area contributed by atoms with Crippen LogP contribution in [0.5, 0.6) is 5.75 Å². The Labute approximate surface area is 251 Å². The van der Waals surface area contributed by atoms with E-state index in [1.165, 1.54) is 0 Å². The summed E-state index contributed by atoms with van der Waals surface area (Å²) in [6.45, 7) is 3.95. The predicted molar refractivity (Wildman–Crippen MR) is 162 cm³/mol. The van der Waals surface area contributed by atoms with E-state index in [2.05, 4.69) is 20.9 Å². The lowest BCUT2D eigenvalue weighted by molar-refractivity contribution is -0.122. The fourth-order valence-corrected chi connectivity index (χ4v) is 5.72. The first-order chi connectivity index (χ1) is 20.4. The van der Waals surface area contributed by atoms with Gasteiger partial charge in [0.05, 0.1) is 36.1 Å². The summed E-state index contributed by atoms with van der Waals surface area (Å²) in [6.07, 6.45) is 4.01. The third kappa shape index (κ3) is 6.67. The maximum atomic E-state index is 13.8. The smallest absolute Gasteiger partial charge is 0.255 e. The molecule has 0 spiro atoms. The van der Waals surface area contributed by atoms with Crippen molar-refractivity contribution in [3.8, 4) is 17.0 Å². The molecule has 42 heavy (non-hydrogen) atoms. The van der Waals surface area contributed by atoms with E-state index < -0.39 is 0 Å². The van der Waals surface area contributed by atoms with Gasteiger partial charge >= 0.3 is 0 Å². The average Bonchev–Trinajstić information content (AvgIpc) is 3.26. The number of ether oxygens (including phenoxy) is 2. The van der Waals surface area contributed by atoms with Crippen molar-refractivity contribution in [2.24, 2.45) is 0 Å². The summed E-state index contributed by atoms with van der Waals surface area (Å²) < 4.78 is 10.8. The molecule has 1 unspecified atom stereocenters. The van der Waals surface area contributed by atoms with E-state index in [9.17, 15) is 9.59 Å². The Morgan fingerprint density at radius 2 is 2.02 bits per heavy atom. The van der Waals surface area contributed by atoms with Crippen LogP contribution < -0.4 is 20.7 Å². The van der Waals surface area contributed by atoms with Crippen molar-refractivity contribution in [2.75, 3.05) is 45.8 Å². The molecule has 10 nitrogen and oxygen atoms in total. The predicted octanol–water partition coefficient (Wildman–Crippen LogP) is 4.38. The lowest BCUT2D eigenvalue weighted by Crippen LogP contribution is -2.40. The molecule has 0 radical (unpaired) electrons. The number of amides is 2. The molecule has 2 aliphatic rings. The number of fused-ring (bicyclic) bond motifs is 1. The standard InChI is InChI=1S/C31H37ClN6O4/c1-19(20-5-4-6-23(15-20)41-3)35-28(39)18-38-27(9-12-33-2)24-8-7-21(16-25(24)30(38)40)29-26(32)17-34-31(37-29)36-22-10-13-42-14-11-22/h4-8,15-17,19,22,27,33H,9-14,18H2,1-3H3,(H,35,39)(H,34,36,37)/t19-,27?/m1/s1. The molecule has 2 aromatic carbocycles. The third-order valence-electron chi connectivity index (χ3n) is 7.80. The van der Waals surface area contributed by atoms with Crippen LogP contribution in [0.15, 0.2) is 48.7 Å². The second kappa shape index (κ2) is 13.5. The minimum atomic E-state index is -0.251. The van der Waals surface area contributed by atoms with Crippen LogP contribution in [0.3, 0.4) is 0 Å². The molecule has 1 fully saturated rings. The van der Waals surface area contributed by atoms with E-state index in [4.69, 9.17) is 26.1 Å². The minimum absolute atomic E-state index is 0.0566. The lowest BCUT2D eigenvalue weighted by Gasteiger charge is -2.26. The second-order valence-electron chi connectivity index (χ2n) is 10.6. The van der Waals surface area contributed by atoms with Gasteiger partial charge in [-0.1, -0.05) is 35.9 Å². The molecule has 1 aromatic heterocycles. The monoisotopic (exact) mass is 592 g/mol. The SMILES string of the molecule is CNCCC1c2ccc(-c3nc(NC4CCOCC4)ncc3Cl)cc2C(=O)N1CC(=O)N[C@H](C)c1cccc(OC)c1.